The third-order valence-corrected chi connectivity index (χ3v) is 3.41. The minimum atomic E-state index is -0.349. The van der Waals surface area contributed by atoms with E-state index in [1.165, 1.54) is 12.1 Å². The van der Waals surface area contributed by atoms with Gasteiger partial charge in [0.2, 0.25) is 0 Å². The number of fused-ring (bicyclic) bond motifs is 1. The molecule has 0 aliphatic rings. The van der Waals surface area contributed by atoms with Gasteiger partial charge in [0, 0.05) is 11.3 Å². The number of nitrogens with zero attached hydrogens (tertiary/aromatic N) is 3. The van der Waals surface area contributed by atoms with Crippen molar-refractivity contribution in [2.24, 2.45) is 0 Å². The molecule has 3 aromatic rings. The van der Waals surface area contributed by atoms with Crippen LogP contribution in [0.25, 0.3) is 16.9 Å². The van der Waals surface area contributed by atoms with Crippen molar-refractivity contribution in [3.63, 3.8) is 0 Å². The number of benzene rings is 1. The molecular weight excluding hydrogens is 269 g/mol. The lowest BCUT2D eigenvalue weighted by Crippen LogP contribution is -1.99. The van der Waals surface area contributed by atoms with Crippen LogP contribution < -0.4 is 0 Å². The number of hydrogen-bond donors (Lipinski definition) is 0. The number of hydrogen-bond acceptors (Lipinski definition) is 3. The first-order valence-electron chi connectivity index (χ1n) is 6.29. The molecule has 0 spiro atoms. The fourth-order valence-electron chi connectivity index (χ4n) is 2.36. The van der Waals surface area contributed by atoms with Crippen LogP contribution in [0, 0.1) is 24.1 Å². The van der Waals surface area contributed by atoms with Gasteiger partial charge in [-0.05, 0) is 43.3 Å². The van der Waals surface area contributed by atoms with Crippen LogP contribution in [0.4, 0.5) is 4.39 Å². The summed E-state index contributed by atoms with van der Waals surface area (Å²) in [6.45, 7) is 1.76. The smallest absolute Gasteiger partial charge is 0.169 e. The molecule has 0 atom stereocenters. The van der Waals surface area contributed by atoms with Crippen molar-refractivity contribution in [2.75, 3.05) is 0 Å². The number of nitriles is 1. The van der Waals surface area contributed by atoms with Crippen LogP contribution in [-0.4, -0.2) is 15.7 Å². The molecule has 102 valence electrons. The predicted molar refractivity (Wildman–Crippen MR) is 75.4 cm³/mol. The molecule has 0 unspecified atom stereocenters. The molecule has 2 heterocycles. The molecule has 5 heteroatoms. The van der Waals surface area contributed by atoms with Gasteiger partial charge in [0.25, 0.3) is 0 Å². The van der Waals surface area contributed by atoms with E-state index in [-0.39, 0.29) is 5.82 Å². The summed E-state index contributed by atoms with van der Waals surface area (Å²) in [4.78, 5) is 15.9. The fraction of sp³-hybridized carbons (Fsp3) is 0.0625. The van der Waals surface area contributed by atoms with Gasteiger partial charge in [0.05, 0.1) is 5.56 Å². The summed E-state index contributed by atoms with van der Waals surface area (Å²) >= 11 is 0. The molecule has 0 amide bonds. The van der Waals surface area contributed by atoms with Gasteiger partial charge in [-0.2, -0.15) is 5.26 Å². The molecular formula is C16H10FN3O. The SMILES string of the molecule is Cc1c(C#N)ccc2nc(-c3ccc(F)cc3)c(C=O)n12. The van der Waals surface area contributed by atoms with Crippen LogP contribution in [0.3, 0.4) is 0 Å². The second kappa shape index (κ2) is 4.84. The fourth-order valence-corrected chi connectivity index (χ4v) is 2.36. The van der Waals surface area contributed by atoms with Crippen LogP contribution in [-0.2, 0) is 0 Å². The Morgan fingerprint density at radius 2 is 1.95 bits per heavy atom. The summed E-state index contributed by atoms with van der Waals surface area (Å²) in [5.74, 6) is -0.349. The maximum Gasteiger partial charge on any atom is 0.169 e. The second-order valence-corrected chi connectivity index (χ2v) is 4.61. The summed E-state index contributed by atoms with van der Waals surface area (Å²) in [7, 11) is 0. The Morgan fingerprint density at radius 1 is 1.24 bits per heavy atom. The van der Waals surface area contributed by atoms with Crippen molar-refractivity contribution in [3.8, 4) is 17.3 Å². The number of rotatable bonds is 2. The zero-order valence-electron chi connectivity index (χ0n) is 11.2. The van der Waals surface area contributed by atoms with Gasteiger partial charge >= 0.3 is 0 Å². The summed E-state index contributed by atoms with van der Waals surface area (Å²) in [6, 6.07) is 11.2. The number of aromatic nitrogens is 2. The van der Waals surface area contributed by atoms with Crippen LogP contribution in [0.5, 0.6) is 0 Å². The van der Waals surface area contributed by atoms with E-state index in [0.29, 0.717) is 40.1 Å². The Kier molecular flexibility index (Phi) is 2.99. The number of carbonyl (C=O) groups is 1. The predicted octanol–water partition coefficient (Wildman–Crippen LogP) is 3.13. The van der Waals surface area contributed by atoms with E-state index in [9.17, 15) is 9.18 Å². The van der Waals surface area contributed by atoms with Crippen molar-refractivity contribution in [2.45, 2.75) is 6.92 Å². The summed E-state index contributed by atoms with van der Waals surface area (Å²) in [5.41, 5.74) is 3.19. The van der Waals surface area contributed by atoms with E-state index in [4.69, 9.17) is 5.26 Å². The molecule has 2 aromatic heterocycles. The van der Waals surface area contributed by atoms with Gasteiger partial charge in [-0.1, -0.05) is 0 Å². The van der Waals surface area contributed by atoms with Crippen molar-refractivity contribution < 1.29 is 9.18 Å². The number of imidazole rings is 1. The van der Waals surface area contributed by atoms with E-state index in [0.717, 1.165) is 0 Å². The summed E-state index contributed by atoms with van der Waals surface area (Å²) in [6.07, 6.45) is 0.701. The van der Waals surface area contributed by atoms with Gasteiger partial charge in [-0.3, -0.25) is 9.20 Å². The Hall–Kier alpha value is -3.00. The lowest BCUT2D eigenvalue weighted by molar-refractivity contribution is 0.111. The summed E-state index contributed by atoms with van der Waals surface area (Å²) < 4.78 is 14.7. The third-order valence-electron chi connectivity index (χ3n) is 3.41. The second-order valence-electron chi connectivity index (χ2n) is 4.61. The molecule has 0 saturated carbocycles. The average Bonchev–Trinajstić information content (AvgIpc) is 2.88. The minimum absolute atomic E-state index is 0.349. The van der Waals surface area contributed by atoms with E-state index in [1.807, 2.05) is 0 Å². The van der Waals surface area contributed by atoms with E-state index >= 15 is 0 Å². The first-order chi connectivity index (χ1) is 10.2. The minimum Gasteiger partial charge on any atom is -0.296 e. The first kappa shape index (κ1) is 13.0. The Bertz CT molecular complexity index is 889. The lowest BCUT2D eigenvalue weighted by Gasteiger charge is -2.03. The summed E-state index contributed by atoms with van der Waals surface area (Å²) in [5, 5.41) is 9.08. The van der Waals surface area contributed by atoms with Crippen LogP contribution in [0.1, 0.15) is 21.7 Å². The topological polar surface area (TPSA) is 58.2 Å². The monoisotopic (exact) mass is 279 g/mol. The molecule has 0 radical (unpaired) electrons. The maximum atomic E-state index is 13.0. The van der Waals surface area contributed by atoms with Crippen molar-refractivity contribution >= 4 is 11.9 Å². The molecule has 0 saturated heterocycles. The van der Waals surface area contributed by atoms with Crippen LogP contribution >= 0.6 is 0 Å². The number of pyridine rings is 1. The maximum absolute atomic E-state index is 13.0. The van der Waals surface area contributed by atoms with E-state index < -0.39 is 0 Å². The molecule has 21 heavy (non-hydrogen) atoms. The molecule has 0 aliphatic carbocycles. The normalized spacial score (nSPS) is 10.5. The number of carbonyl (C=O) groups excluding carboxylic acids is 1. The lowest BCUT2D eigenvalue weighted by atomic mass is 10.1. The molecule has 4 nitrogen and oxygen atoms in total. The quantitative estimate of drug-likeness (QED) is 0.677. The highest BCUT2D eigenvalue weighted by molar-refractivity contribution is 5.86. The number of aldehydes is 1. The zero-order chi connectivity index (χ0) is 15.0. The third kappa shape index (κ3) is 1.98. The molecule has 0 aliphatic heterocycles. The zero-order valence-corrected chi connectivity index (χ0v) is 11.2. The first-order valence-corrected chi connectivity index (χ1v) is 6.29. The molecule has 0 fully saturated rings. The van der Waals surface area contributed by atoms with Gasteiger partial charge in [0.15, 0.2) is 6.29 Å². The highest BCUT2D eigenvalue weighted by Gasteiger charge is 2.16. The molecule has 0 N–H and O–H groups in total. The average molecular weight is 279 g/mol. The Morgan fingerprint density at radius 3 is 2.57 bits per heavy atom. The van der Waals surface area contributed by atoms with Crippen LogP contribution in [0.2, 0.25) is 0 Å². The van der Waals surface area contributed by atoms with Gasteiger partial charge in [-0.25, -0.2) is 9.37 Å². The highest BCUT2D eigenvalue weighted by Crippen LogP contribution is 2.25. The van der Waals surface area contributed by atoms with Gasteiger partial charge in [-0.15, -0.1) is 0 Å². The van der Waals surface area contributed by atoms with Crippen molar-refractivity contribution in [1.29, 1.82) is 5.26 Å². The van der Waals surface area contributed by atoms with Crippen molar-refractivity contribution in [1.82, 2.24) is 9.38 Å². The van der Waals surface area contributed by atoms with Gasteiger partial charge in [0.1, 0.15) is 28.9 Å². The molecule has 3 rings (SSSR count). The molecule has 1 aromatic carbocycles. The van der Waals surface area contributed by atoms with Crippen LogP contribution in [0.15, 0.2) is 36.4 Å². The molecule has 0 bridgehead atoms. The standard InChI is InChI=1S/C16H10FN3O/c1-10-12(8-18)4-7-15-19-16(14(9-21)20(10)15)11-2-5-13(17)6-3-11/h2-7,9H,1H3. The van der Waals surface area contributed by atoms with E-state index in [1.54, 1.807) is 35.6 Å². The van der Waals surface area contributed by atoms with E-state index in [2.05, 4.69) is 11.1 Å². The van der Waals surface area contributed by atoms with Gasteiger partial charge < -0.3 is 0 Å². The number of aryl methyl sites for hydroxylation is 1. The Balaban J connectivity index is 2.35. The van der Waals surface area contributed by atoms with Crippen molar-refractivity contribution in [3.05, 3.63) is 59.2 Å². The highest BCUT2D eigenvalue weighted by atomic mass is 19.1. The number of halogens is 1. The largest absolute Gasteiger partial charge is 0.296 e. The Labute approximate surface area is 120 Å².